The smallest absolute Gasteiger partial charge is 0.255 e. The molecule has 0 saturated heterocycles. The number of nitrogens with zero attached hydrogens (tertiary/aromatic N) is 1. The van der Waals surface area contributed by atoms with Gasteiger partial charge in [0.15, 0.2) is 11.5 Å². The molecule has 0 saturated carbocycles. The summed E-state index contributed by atoms with van der Waals surface area (Å²) in [6.07, 6.45) is 0.831. The third-order valence-corrected chi connectivity index (χ3v) is 4.12. The zero-order chi connectivity index (χ0) is 17.2. The molecule has 5 heteroatoms. The third-order valence-electron chi connectivity index (χ3n) is 4.12. The SMILES string of the molecule is Cc1ccc2cccc(NC(=O)c3ccc4c(c3)OCCCO4)c2n1. The second-order valence-corrected chi connectivity index (χ2v) is 6.00. The maximum absolute atomic E-state index is 12.7. The molecule has 1 aliphatic rings. The van der Waals surface area contributed by atoms with E-state index in [1.165, 1.54) is 0 Å². The summed E-state index contributed by atoms with van der Waals surface area (Å²) in [7, 11) is 0. The van der Waals surface area contributed by atoms with Crippen LogP contribution in [0.1, 0.15) is 22.5 Å². The van der Waals surface area contributed by atoms with E-state index >= 15 is 0 Å². The molecule has 5 nitrogen and oxygen atoms in total. The molecule has 0 fully saturated rings. The van der Waals surface area contributed by atoms with Crippen molar-refractivity contribution >= 4 is 22.5 Å². The van der Waals surface area contributed by atoms with E-state index in [1.54, 1.807) is 18.2 Å². The number of anilines is 1. The summed E-state index contributed by atoms with van der Waals surface area (Å²) in [5.74, 6) is 1.08. The van der Waals surface area contributed by atoms with Crippen molar-refractivity contribution in [3.05, 3.63) is 59.8 Å². The molecule has 0 unspecified atom stereocenters. The van der Waals surface area contributed by atoms with Crippen LogP contribution >= 0.6 is 0 Å². The second kappa shape index (κ2) is 6.43. The molecule has 1 aromatic heterocycles. The summed E-state index contributed by atoms with van der Waals surface area (Å²) in [5.41, 5.74) is 2.90. The van der Waals surface area contributed by atoms with E-state index < -0.39 is 0 Å². The van der Waals surface area contributed by atoms with Gasteiger partial charge in [-0.2, -0.15) is 0 Å². The minimum Gasteiger partial charge on any atom is -0.490 e. The van der Waals surface area contributed by atoms with Gasteiger partial charge in [-0.05, 0) is 37.3 Å². The van der Waals surface area contributed by atoms with E-state index in [0.29, 0.717) is 36.0 Å². The highest BCUT2D eigenvalue weighted by atomic mass is 16.5. The molecule has 25 heavy (non-hydrogen) atoms. The van der Waals surface area contributed by atoms with Crippen molar-refractivity contribution in [1.82, 2.24) is 4.98 Å². The molecule has 0 aliphatic carbocycles. The zero-order valence-electron chi connectivity index (χ0n) is 13.9. The average Bonchev–Trinajstić information content (AvgIpc) is 2.87. The van der Waals surface area contributed by atoms with Crippen molar-refractivity contribution in [3.63, 3.8) is 0 Å². The van der Waals surface area contributed by atoms with Crippen LogP contribution in [-0.2, 0) is 0 Å². The number of aryl methyl sites for hydroxylation is 1. The lowest BCUT2D eigenvalue weighted by Crippen LogP contribution is -2.12. The van der Waals surface area contributed by atoms with Gasteiger partial charge in [-0.1, -0.05) is 18.2 Å². The number of nitrogens with one attached hydrogen (secondary N) is 1. The number of hydrogen-bond acceptors (Lipinski definition) is 4. The van der Waals surface area contributed by atoms with Gasteiger partial charge in [-0.3, -0.25) is 9.78 Å². The topological polar surface area (TPSA) is 60.5 Å². The average molecular weight is 334 g/mol. The van der Waals surface area contributed by atoms with E-state index in [-0.39, 0.29) is 5.91 Å². The number of pyridine rings is 1. The molecular weight excluding hydrogens is 316 g/mol. The van der Waals surface area contributed by atoms with Crippen LogP contribution < -0.4 is 14.8 Å². The number of amides is 1. The first-order chi connectivity index (χ1) is 12.2. The molecule has 3 aromatic rings. The third kappa shape index (κ3) is 3.13. The predicted octanol–water partition coefficient (Wildman–Crippen LogP) is 3.96. The monoisotopic (exact) mass is 334 g/mol. The number of hydrogen-bond donors (Lipinski definition) is 1. The highest BCUT2D eigenvalue weighted by Gasteiger charge is 2.15. The fraction of sp³-hybridized carbons (Fsp3) is 0.200. The highest BCUT2D eigenvalue weighted by Crippen LogP contribution is 2.31. The van der Waals surface area contributed by atoms with Crippen LogP contribution in [0, 0.1) is 6.92 Å². The number of rotatable bonds is 2. The van der Waals surface area contributed by atoms with Crippen LogP contribution in [0.25, 0.3) is 10.9 Å². The Balaban J connectivity index is 1.64. The van der Waals surface area contributed by atoms with E-state index in [9.17, 15) is 4.79 Å². The molecule has 0 spiro atoms. The fourth-order valence-electron chi connectivity index (χ4n) is 2.84. The molecule has 1 N–H and O–H groups in total. The van der Waals surface area contributed by atoms with E-state index in [1.807, 2.05) is 37.3 Å². The Labute approximate surface area is 145 Å². The largest absolute Gasteiger partial charge is 0.490 e. The van der Waals surface area contributed by atoms with Crippen LogP contribution in [0.2, 0.25) is 0 Å². The highest BCUT2D eigenvalue weighted by molar-refractivity contribution is 6.08. The van der Waals surface area contributed by atoms with Crippen molar-refractivity contribution in [2.75, 3.05) is 18.5 Å². The van der Waals surface area contributed by atoms with Crippen LogP contribution in [0.5, 0.6) is 11.5 Å². The quantitative estimate of drug-likeness (QED) is 0.771. The lowest BCUT2D eigenvalue weighted by Gasteiger charge is -2.11. The fourth-order valence-corrected chi connectivity index (χ4v) is 2.84. The summed E-state index contributed by atoms with van der Waals surface area (Å²) >= 11 is 0. The van der Waals surface area contributed by atoms with Gasteiger partial charge in [-0.15, -0.1) is 0 Å². The normalized spacial score (nSPS) is 13.3. The lowest BCUT2D eigenvalue weighted by molar-refractivity contribution is 0.102. The summed E-state index contributed by atoms with van der Waals surface area (Å²) < 4.78 is 11.3. The zero-order valence-corrected chi connectivity index (χ0v) is 13.9. The Kier molecular flexibility index (Phi) is 3.98. The Morgan fingerprint density at radius 2 is 1.88 bits per heavy atom. The molecule has 1 amide bonds. The molecule has 0 bridgehead atoms. The minimum absolute atomic E-state index is 0.202. The van der Waals surface area contributed by atoms with Crippen LogP contribution in [-0.4, -0.2) is 24.1 Å². The molecule has 0 radical (unpaired) electrons. The predicted molar refractivity (Wildman–Crippen MR) is 96.5 cm³/mol. The first-order valence-electron chi connectivity index (χ1n) is 8.28. The number of benzene rings is 2. The van der Waals surface area contributed by atoms with Crippen molar-refractivity contribution in [2.24, 2.45) is 0 Å². The lowest BCUT2D eigenvalue weighted by atomic mass is 10.1. The Morgan fingerprint density at radius 3 is 2.76 bits per heavy atom. The summed E-state index contributed by atoms with van der Waals surface area (Å²) in [5, 5.41) is 3.94. The molecule has 0 atom stereocenters. The van der Waals surface area contributed by atoms with Gasteiger partial charge < -0.3 is 14.8 Å². The Hall–Kier alpha value is -3.08. The number of carbonyl (C=O) groups is 1. The van der Waals surface area contributed by atoms with Crippen molar-refractivity contribution in [2.45, 2.75) is 13.3 Å². The van der Waals surface area contributed by atoms with Crippen LogP contribution in [0.3, 0.4) is 0 Å². The first-order valence-corrected chi connectivity index (χ1v) is 8.28. The molecule has 2 heterocycles. The maximum Gasteiger partial charge on any atom is 0.255 e. The van der Waals surface area contributed by atoms with Gasteiger partial charge in [-0.25, -0.2) is 0 Å². The number of carbonyl (C=O) groups excluding carboxylic acids is 1. The van der Waals surface area contributed by atoms with Gasteiger partial charge in [0.2, 0.25) is 0 Å². The van der Waals surface area contributed by atoms with E-state index in [4.69, 9.17) is 9.47 Å². The Morgan fingerprint density at radius 1 is 1.04 bits per heavy atom. The number of ether oxygens (including phenoxy) is 2. The number of fused-ring (bicyclic) bond motifs is 2. The van der Waals surface area contributed by atoms with Crippen molar-refractivity contribution in [1.29, 1.82) is 0 Å². The van der Waals surface area contributed by atoms with Crippen molar-refractivity contribution < 1.29 is 14.3 Å². The van der Waals surface area contributed by atoms with Crippen LogP contribution in [0.4, 0.5) is 5.69 Å². The summed E-state index contributed by atoms with van der Waals surface area (Å²) in [4.78, 5) is 17.2. The number of aromatic nitrogens is 1. The van der Waals surface area contributed by atoms with E-state index in [2.05, 4.69) is 10.3 Å². The molecule has 1 aliphatic heterocycles. The maximum atomic E-state index is 12.7. The van der Waals surface area contributed by atoms with E-state index in [0.717, 1.165) is 23.0 Å². The van der Waals surface area contributed by atoms with Gasteiger partial charge in [0.1, 0.15) is 0 Å². The van der Waals surface area contributed by atoms with Gasteiger partial charge in [0.25, 0.3) is 5.91 Å². The van der Waals surface area contributed by atoms with Gasteiger partial charge in [0.05, 0.1) is 24.4 Å². The summed E-state index contributed by atoms with van der Waals surface area (Å²) in [6, 6.07) is 14.9. The number of para-hydroxylation sites is 1. The van der Waals surface area contributed by atoms with Crippen LogP contribution in [0.15, 0.2) is 48.5 Å². The second-order valence-electron chi connectivity index (χ2n) is 6.00. The van der Waals surface area contributed by atoms with Gasteiger partial charge >= 0.3 is 0 Å². The standard InChI is InChI=1S/C20H18N2O3/c1-13-6-7-14-4-2-5-16(19(14)21-13)22-20(23)15-8-9-17-18(12-15)25-11-3-10-24-17/h2,4-9,12H,3,10-11H2,1H3,(H,22,23). The van der Waals surface area contributed by atoms with Gasteiger partial charge in [0, 0.05) is 23.1 Å². The van der Waals surface area contributed by atoms with Crippen molar-refractivity contribution in [3.8, 4) is 11.5 Å². The minimum atomic E-state index is -0.202. The molecular formula is C20H18N2O3. The molecule has 2 aromatic carbocycles. The molecule has 126 valence electrons. The summed E-state index contributed by atoms with van der Waals surface area (Å²) in [6.45, 7) is 3.14. The first kappa shape index (κ1) is 15.4. The molecule has 4 rings (SSSR count). The Bertz CT molecular complexity index is 953.